The van der Waals surface area contributed by atoms with Crippen LogP contribution in [0.25, 0.3) is 0 Å². The second-order valence-corrected chi connectivity index (χ2v) is 5.45. The molecule has 136 valence electrons. The van der Waals surface area contributed by atoms with Crippen LogP contribution in [-0.2, 0) is 14.4 Å². The van der Waals surface area contributed by atoms with E-state index >= 15 is 0 Å². The van der Waals surface area contributed by atoms with E-state index < -0.39 is 5.91 Å². The largest absolute Gasteiger partial charge is 0.493 e. The normalized spacial score (nSPS) is 14.0. The Morgan fingerprint density at radius 1 is 1.04 bits per heavy atom. The van der Waals surface area contributed by atoms with Crippen molar-refractivity contribution in [1.29, 1.82) is 0 Å². The van der Waals surface area contributed by atoms with Crippen molar-refractivity contribution in [3.8, 4) is 11.5 Å². The van der Waals surface area contributed by atoms with Crippen molar-refractivity contribution in [2.24, 2.45) is 5.84 Å². The van der Waals surface area contributed by atoms with Gasteiger partial charge in [-0.25, -0.2) is 5.84 Å². The van der Waals surface area contributed by atoms with Crippen molar-refractivity contribution in [2.75, 3.05) is 39.9 Å². The summed E-state index contributed by atoms with van der Waals surface area (Å²) in [5.41, 5.74) is 1.93. The molecule has 3 amide bonds. The molecule has 0 atom stereocenters. The molecule has 2 rings (SSSR count). The Balaban J connectivity index is 1.79. The Bertz CT molecular complexity index is 629. The van der Waals surface area contributed by atoms with Gasteiger partial charge in [-0.05, 0) is 12.1 Å². The van der Waals surface area contributed by atoms with Gasteiger partial charge in [0.2, 0.25) is 11.8 Å². The molecule has 0 saturated carbocycles. The first-order valence-electron chi connectivity index (χ1n) is 7.86. The van der Waals surface area contributed by atoms with Crippen molar-refractivity contribution < 1.29 is 23.9 Å². The van der Waals surface area contributed by atoms with Crippen LogP contribution in [0, 0.1) is 0 Å². The molecule has 1 heterocycles. The third-order valence-electron chi connectivity index (χ3n) is 3.88. The Morgan fingerprint density at radius 2 is 1.60 bits per heavy atom. The molecule has 1 aliphatic heterocycles. The summed E-state index contributed by atoms with van der Waals surface area (Å²) in [6.45, 7) is 1.42. The number of rotatable bonds is 6. The molecule has 25 heavy (non-hydrogen) atoms. The molecule has 1 aliphatic rings. The summed E-state index contributed by atoms with van der Waals surface area (Å²) in [6, 6.07) is 7.09. The number of carbonyl (C=O) groups excluding carboxylic acids is 3. The lowest BCUT2D eigenvalue weighted by Gasteiger charge is -2.34. The van der Waals surface area contributed by atoms with Crippen LogP contribution in [0.3, 0.4) is 0 Å². The number of nitrogens with two attached hydrogens (primary N) is 1. The zero-order chi connectivity index (χ0) is 18.2. The second kappa shape index (κ2) is 8.88. The van der Waals surface area contributed by atoms with Gasteiger partial charge < -0.3 is 19.3 Å². The van der Waals surface area contributed by atoms with Gasteiger partial charge in [-0.15, -0.1) is 0 Å². The molecule has 0 spiro atoms. The minimum atomic E-state index is -0.534. The first-order valence-corrected chi connectivity index (χ1v) is 7.86. The maximum atomic E-state index is 12.2. The highest BCUT2D eigenvalue weighted by Gasteiger charge is 2.25. The van der Waals surface area contributed by atoms with Gasteiger partial charge >= 0.3 is 0 Å². The van der Waals surface area contributed by atoms with Gasteiger partial charge in [-0.3, -0.25) is 19.8 Å². The van der Waals surface area contributed by atoms with Gasteiger partial charge in [0.25, 0.3) is 5.91 Å². The third kappa shape index (κ3) is 5.08. The van der Waals surface area contributed by atoms with Crippen molar-refractivity contribution in [1.82, 2.24) is 15.2 Å². The van der Waals surface area contributed by atoms with Gasteiger partial charge in [-0.2, -0.15) is 0 Å². The second-order valence-electron chi connectivity index (χ2n) is 5.45. The van der Waals surface area contributed by atoms with Crippen LogP contribution in [0.2, 0.25) is 0 Å². The number of nitrogens with one attached hydrogen (secondary N) is 1. The van der Waals surface area contributed by atoms with E-state index in [1.54, 1.807) is 28.0 Å². The number of nitrogens with zero attached hydrogens (tertiary/aromatic N) is 2. The van der Waals surface area contributed by atoms with E-state index in [0.717, 1.165) is 0 Å². The van der Waals surface area contributed by atoms with Crippen LogP contribution in [0.5, 0.6) is 11.5 Å². The molecular weight excluding hydrogens is 328 g/mol. The van der Waals surface area contributed by atoms with Crippen molar-refractivity contribution in [2.45, 2.75) is 6.42 Å². The Kier molecular flexibility index (Phi) is 6.58. The topological polar surface area (TPSA) is 114 Å². The molecule has 0 aromatic heterocycles. The number of methoxy groups -OCH3 is 1. The quantitative estimate of drug-likeness (QED) is 0.298. The smallest absolute Gasteiger partial charge is 0.260 e. The predicted octanol–water partition coefficient (Wildman–Crippen LogP) is -0.875. The van der Waals surface area contributed by atoms with Crippen LogP contribution in [-0.4, -0.2) is 67.4 Å². The highest BCUT2D eigenvalue weighted by molar-refractivity contribution is 5.96. The number of amides is 3. The summed E-state index contributed by atoms with van der Waals surface area (Å²) >= 11 is 0. The zero-order valence-electron chi connectivity index (χ0n) is 14.1. The van der Waals surface area contributed by atoms with E-state index in [9.17, 15) is 14.4 Å². The lowest BCUT2D eigenvalue weighted by Crippen LogP contribution is -2.52. The minimum Gasteiger partial charge on any atom is -0.493 e. The van der Waals surface area contributed by atoms with E-state index in [2.05, 4.69) is 0 Å². The van der Waals surface area contributed by atoms with Crippen LogP contribution in [0.15, 0.2) is 24.3 Å². The maximum Gasteiger partial charge on any atom is 0.260 e. The number of hydrogen-bond donors (Lipinski definition) is 2. The molecule has 0 bridgehead atoms. The standard InChI is InChI=1S/C16H22N4O5/c1-24-12-4-2-3-5-13(12)25-11-16(23)20-8-6-19(7-9-20)15(22)10-14(21)18-17/h2-5H,6-11,17H2,1H3,(H,18,21). The van der Waals surface area contributed by atoms with Crippen molar-refractivity contribution in [3.05, 3.63) is 24.3 Å². The molecule has 0 radical (unpaired) electrons. The summed E-state index contributed by atoms with van der Waals surface area (Å²) in [4.78, 5) is 38.4. The van der Waals surface area contributed by atoms with Crippen LogP contribution in [0.4, 0.5) is 0 Å². The first-order chi connectivity index (χ1) is 12.0. The van der Waals surface area contributed by atoms with E-state index in [1.165, 1.54) is 7.11 Å². The molecule has 0 unspecified atom stereocenters. The lowest BCUT2D eigenvalue weighted by molar-refractivity contribution is -0.142. The number of hydrazine groups is 1. The predicted molar refractivity (Wildman–Crippen MR) is 88.6 cm³/mol. The number of piperazine rings is 1. The number of ether oxygens (including phenoxy) is 2. The van der Waals surface area contributed by atoms with Crippen LogP contribution in [0.1, 0.15) is 6.42 Å². The number of hydrogen-bond acceptors (Lipinski definition) is 6. The van der Waals surface area contributed by atoms with E-state index in [-0.39, 0.29) is 24.8 Å². The highest BCUT2D eigenvalue weighted by Crippen LogP contribution is 2.25. The fourth-order valence-electron chi connectivity index (χ4n) is 2.47. The molecule has 1 saturated heterocycles. The summed E-state index contributed by atoms with van der Waals surface area (Å²) in [7, 11) is 1.53. The van der Waals surface area contributed by atoms with Gasteiger partial charge in [0.15, 0.2) is 18.1 Å². The van der Waals surface area contributed by atoms with Crippen molar-refractivity contribution in [3.63, 3.8) is 0 Å². The average Bonchev–Trinajstić information content (AvgIpc) is 2.66. The van der Waals surface area contributed by atoms with Gasteiger partial charge in [0, 0.05) is 26.2 Å². The number of benzene rings is 1. The summed E-state index contributed by atoms with van der Waals surface area (Å²) in [5, 5.41) is 0. The van der Waals surface area contributed by atoms with E-state index in [0.29, 0.717) is 37.7 Å². The molecule has 0 aliphatic carbocycles. The fourth-order valence-corrected chi connectivity index (χ4v) is 2.47. The Hall–Kier alpha value is -2.81. The monoisotopic (exact) mass is 350 g/mol. The molecular formula is C16H22N4O5. The van der Waals surface area contributed by atoms with Gasteiger partial charge in [0.05, 0.1) is 7.11 Å². The number of carbonyl (C=O) groups is 3. The SMILES string of the molecule is COc1ccccc1OCC(=O)N1CCN(C(=O)CC(=O)NN)CC1. The first kappa shape index (κ1) is 18.5. The van der Waals surface area contributed by atoms with Gasteiger partial charge in [0.1, 0.15) is 6.42 Å². The minimum absolute atomic E-state index is 0.107. The highest BCUT2D eigenvalue weighted by atomic mass is 16.5. The van der Waals surface area contributed by atoms with Crippen LogP contribution < -0.4 is 20.7 Å². The third-order valence-corrected chi connectivity index (χ3v) is 3.88. The van der Waals surface area contributed by atoms with Crippen LogP contribution >= 0.6 is 0 Å². The molecule has 1 aromatic rings. The summed E-state index contributed by atoms with van der Waals surface area (Å²) < 4.78 is 10.7. The van der Waals surface area contributed by atoms with Gasteiger partial charge in [-0.1, -0.05) is 12.1 Å². The maximum absolute atomic E-state index is 12.2. The molecule has 1 fully saturated rings. The summed E-state index contributed by atoms with van der Waals surface area (Å²) in [6.07, 6.45) is -0.290. The Morgan fingerprint density at radius 3 is 2.16 bits per heavy atom. The van der Waals surface area contributed by atoms with Crippen molar-refractivity contribution >= 4 is 17.7 Å². The molecule has 9 nitrogen and oxygen atoms in total. The zero-order valence-corrected chi connectivity index (χ0v) is 14.1. The average molecular weight is 350 g/mol. The fraction of sp³-hybridized carbons (Fsp3) is 0.438. The van der Waals surface area contributed by atoms with E-state index in [4.69, 9.17) is 15.3 Å². The molecule has 1 aromatic carbocycles. The Labute approximate surface area is 145 Å². The lowest BCUT2D eigenvalue weighted by atomic mass is 10.2. The molecule has 9 heteroatoms. The number of para-hydroxylation sites is 2. The van der Waals surface area contributed by atoms with E-state index in [1.807, 2.05) is 11.5 Å². The molecule has 3 N–H and O–H groups in total. The summed E-state index contributed by atoms with van der Waals surface area (Å²) in [5.74, 6) is 5.02.